The van der Waals surface area contributed by atoms with E-state index in [9.17, 15) is 0 Å². The Bertz CT molecular complexity index is 265. The van der Waals surface area contributed by atoms with Crippen molar-refractivity contribution < 1.29 is 4.74 Å². The summed E-state index contributed by atoms with van der Waals surface area (Å²) < 4.78 is 6.54. The molecule has 0 aliphatic heterocycles. The molecule has 0 heterocycles. The molecule has 0 aromatic heterocycles. The average Bonchev–Trinajstić information content (AvgIpc) is 2.16. The standard InChI is InChI=1S/C10H12BrClO/c1-8(6-12)7-13-10-5-3-2-4-9(10)11/h2-5,8H,6-7H2,1H3/t8-/m0/s1. The molecule has 0 fully saturated rings. The Morgan fingerprint density at radius 1 is 1.46 bits per heavy atom. The van der Waals surface area contributed by atoms with Gasteiger partial charge in [-0.1, -0.05) is 19.1 Å². The molecule has 1 aromatic carbocycles. The Kier molecular flexibility index (Phi) is 4.60. The number of hydrogen-bond donors (Lipinski definition) is 0. The van der Waals surface area contributed by atoms with Crippen molar-refractivity contribution >= 4 is 27.5 Å². The molecule has 0 unspecified atom stereocenters. The lowest BCUT2D eigenvalue weighted by atomic mass is 10.2. The second-order valence-corrected chi connectivity index (χ2v) is 4.16. The van der Waals surface area contributed by atoms with Gasteiger partial charge in [0, 0.05) is 11.8 Å². The lowest BCUT2D eigenvalue weighted by molar-refractivity contribution is 0.271. The number of halogens is 2. The third-order valence-electron chi connectivity index (χ3n) is 1.62. The zero-order valence-electron chi connectivity index (χ0n) is 7.47. The first-order valence-electron chi connectivity index (χ1n) is 4.17. The quantitative estimate of drug-likeness (QED) is 0.753. The van der Waals surface area contributed by atoms with Gasteiger partial charge in [0.15, 0.2) is 0 Å². The highest BCUT2D eigenvalue weighted by molar-refractivity contribution is 9.10. The van der Waals surface area contributed by atoms with Gasteiger partial charge in [-0.3, -0.25) is 0 Å². The smallest absolute Gasteiger partial charge is 0.133 e. The molecule has 0 aliphatic rings. The summed E-state index contributed by atoms with van der Waals surface area (Å²) in [5.74, 6) is 1.89. The predicted molar refractivity (Wildman–Crippen MR) is 59.5 cm³/mol. The highest BCUT2D eigenvalue weighted by atomic mass is 79.9. The number of hydrogen-bond acceptors (Lipinski definition) is 1. The Labute approximate surface area is 92.2 Å². The summed E-state index contributed by atoms with van der Waals surface area (Å²) in [6, 6.07) is 7.80. The minimum Gasteiger partial charge on any atom is -0.492 e. The van der Waals surface area contributed by atoms with Crippen LogP contribution >= 0.6 is 27.5 Å². The van der Waals surface area contributed by atoms with E-state index in [1.165, 1.54) is 0 Å². The maximum Gasteiger partial charge on any atom is 0.133 e. The van der Waals surface area contributed by atoms with E-state index >= 15 is 0 Å². The highest BCUT2D eigenvalue weighted by Crippen LogP contribution is 2.24. The van der Waals surface area contributed by atoms with E-state index in [2.05, 4.69) is 22.9 Å². The monoisotopic (exact) mass is 262 g/mol. The first-order chi connectivity index (χ1) is 6.24. The summed E-state index contributed by atoms with van der Waals surface area (Å²) in [4.78, 5) is 0. The topological polar surface area (TPSA) is 9.23 Å². The highest BCUT2D eigenvalue weighted by Gasteiger charge is 2.03. The van der Waals surface area contributed by atoms with Crippen LogP contribution in [0, 0.1) is 5.92 Å². The Morgan fingerprint density at radius 3 is 2.77 bits per heavy atom. The average molecular weight is 264 g/mol. The molecule has 0 saturated carbocycles. The van der Waals surface area contributed by atoms with Crippen molar-refractivity contribution in [3.63, 3.8) is 0 Å². The number of para-hydroxylation sites is 1. The molecular formula is C10H12BrClO. The van der Waals surface area contributed by atoms with Gasteiger partial charge in [0.2, 0.25) is 0 Å². The van der Waals surface area contributed by atoms with Gasteiger partial charge < -0.3 is 4.74 Å². The van der Waals surface area contributed by atoms with Crippen molar-refractivity contribution in [2.45, 2.75) is 6.92 Å². The molecule has 3 heteroatoms. The molecule has 0 radical (unpaired) electrons. The lowest BCUT2D eigenvalue weighted by Crippen LogP contribution is -2.09. The minimum absolute atomic E-state index is 0.383. The Hall–Kier alpha value is -0.210. The number of alkyl halides is 1. The van der Waals surface area contributed by atoms with Crippen molar-refractivity contribution in [1.29, 1.82) is 0 Å². The van der Waals surface area contributed by atoms with E-state index in [0.29, 0.717) is 18.4 Å². The number of ether oxygens (including phenoxy) is 1. The SMILES string of the molecule is C[C@@H](CCl)COc1ccccc1Br. The summed E-state index contributed by atoms with van der Waals surface area (Å²) in [6.07, 6.45) is 0. The van der Waals surface area contributed by atoms with Gasteiger partial charge >= 0.3 is 0 Å². The van der Waals surface area contributed by atoms with Gasteiger partial charge in [0.05, 0.1) is 11.1 Å². The van der Waals surface area contributed by atoms with Crippen LogP contribution < -0.4 is 4.74 Å². The van der Waals surface area contributed by atoms with Crippen molar-refractivity contribution in [2.24, 2.45) is 5.92 Å². The second kappa shape index (κ2) is 5.51. The van der Waals surface area contributed by atoms with E-state index < -0.39 is 0 Å². The van der Waals surface area contributed by atoms with Crippen LogP contribution in [0.4, 0.5) is 0 Å². The second-order valence-electron chi connectivity index (χ2n) is 3.00. The van der Waals surface area contributed by atoms with Gasteiger partial charge in [0.1, 0.15) is 5.75 Å². The zero-order valence-corrected chi connectivity index (χ0v) is 9.81. The normalized spacial score (nSPS) is 12.5. The van der Waals surface area contributed by atoms with Crippen LogP contribution in [0.5, 0.6) is 5.75 Å². The molecular weight excluding hydrogens is 251 g/mol. The van der Waals surface area contributed by atoms with E-state index in [4.69, 9.17) is 16.3 Å². The van der Waals surface area contributed by atoms with Crippen molar-refractivity contribution in [3.8, 4) is 5.75 Å². The third-order valence-corrected chi connectivity index (χ3v) is 2.81. The molecule has 0 aliphatic carbocycles. The fourth-order valence-electron chi connectivity index (χ4n) is 0.838. The van der Waals surface area contributed by atoms with Crippen LogP contribution in [-0.4, -0.2) is 12.5 Å². The van der Waals surface area contributed by atoms with Crippen LogP contribution in [0.2, 0.25) is 0 Å². The molecule has 0 amide bonds. The summed E-state index contributed by atoms with van der Waals surface area (Å²) in [5.41, 5.74) is 0. The fraction of sp³-hybridized carbons (Fsp3) is 0.400. The van der Waals surface area contributed by atoms with Gasteiger partial charge in [-0.2, -0.15) is 0 Å². The zero-order chi connectivity index (χ0) is 9.68. The molecule has 0 saturated heterocycles. The first kappa shape index (κ1) is 10.9. The van der Waals surface area contributed by atoms with Crippen molar-refractivity contribution in [3.05, 3.63) is 28.7 Å². The molecule has 0 N–H and O–H groups in total. The predicted octanol–water partition coefficient (Wildman–Crippen LogP) is 3.70. The number of rotatable bonds is 4. The summed E-state index contributed by atoms with van der Waals surface area (Å²) in [5, 5.41) is 0. The maximum absolute atomic E-state index is 5.67. The summed E-state index contributed by atoms with van der Waals surface area (Å²) >= 11 is 9.08. The fourth-order valence-corrected chi connectivity index (χ4v) is 1.33. The largest absolute Gasteiger partial charge is 0.492 e. The Morgan fingerprint density at radius 2 is 2.15 bits per heavy atom. The molecule has 1 rings (SSSR count). The summed E-state index contributed by atoms with van der Waals surface area (Å²) in [7, 11) is 0. The molecule has 72 valence electrons. The van der Waals surface area contributed by atoms with Gasteiger partial charge in [-0.15, -0.1) is 11.6 Å². The molecule has 0 bridgehead atoms. The van der Waals surface area contributed by atoms with Gasteiger partial charge in [0.25, 0.3) is 0 Å². The lowest BCUT2D eigenvalue weighted by Gasteiger charge is -2.10. The third kappa shape index (κ3) is 3.57. The van der Waals surface area contributed by atoms with E-state index in [0.717, 1.165) is 10.2 Å². The molecule has 1 atom stereocenters. The van der Waals surface area contributed by atoms with Crippen molar-refractivity contribution in [2.75, 3.05) is 12.5 Å². The van der Waals surface area contributed by atoms with Crippen LogP contribution in [0.25, 0.3) is 0 Å². The molecule has 0 spiro atoms. The van der Waals surface area contributed by atoms with Crippen LogP contribution in [-0.2, 0) is 0 Å². The van der Waals surface area contributed by atoms with Crippen LogP contribution in [0.15, 0.2) is 28.7 Å². The number of benzene rings is 1. The minimum atomic E-state index is 0.383. The van der Waals surface area contributed by atoms with E-state index in [1.807, 2.05) is 24.3 Å². The van der Waals surface area contributed by atoms with E-state index in [1.54, 1.807) is 0 Å². The Balaban J connectivity index is 2.50. The molecule has 1 nitrogen and oxygen atoms in total. The summed E-state index contributed by atoms with van der Waals surface area (Å²) in [6.45, 7) is 2.72. The van der Waals surface area contributed by atoms with Gasteiger partial charge in [-0.05, 0) is 28.1 Å². The van der Waals surface area contributed by atoms with Gasteiger partial charge in [-0.25, -0.2) is 0 Å². The van der Waals surface area contributed by atoms with Crippen LogP contribution in [0.3, 0.4) is 0 Å². The van der Waals surface area contributed by atoms with Crippen LogP contribution in [0.1, 0.15) is 6.92 Å². The van der Waals surface area contributed by atoms with E-state index in [-0.39, 0.29) is 0 Å². The first-order valence-corrected chi connectivity index (χ1v) is 5.50. The molecule has 1 aromatic rings. The maximum atomic E-state index is 5.67. The molecule has 13 heavy (non-hydrogen) atoms. The van der Waals surface area contributed by atoms with Crippen molar-refractivity contribution in [1.82, 2.24) is 0 Å².